The topological polar surface area (TPSA) is 28.9 Å². The van der Waals surface area contributed by atoms with Crippen molar-refractivity contribution in [3.63, 3.8) is 0 Å². The van der Waals surface area contributed by atoms with Gasteiger partial charge < -0.3 is 9.40 Å². The molecule has 5 aromatic carbocycles. The number of rotatable bonds is 2. The van der Waals surface area contributed by atoms with E-state index >= 15 is 0 Å². The van der Waals surface area contributed by atoms with Gasteiger partial charge in [0.15, 0.2) is 0 Å². The van der Waals surface area contributed by atoms with Gasteiger partial charge in [-0.3, -0.25) is 0 Å². The van der Waals surface area contributed by atoms with E-state index in [4.69, 9.17) is 4.42 Å². The molecule has 0 unspecified atom stereocenters. The highest BCUT2D eigenvalue weighted by Crippen LogP contribution is 2.37. The second-order valence-corrected chi connectivity index (χ2v) is 8.29. The molecule has 2 heteroatoms. The number of benzene rings is 5. The van der Waals surface area contributed by atoms with E-state index in [1.54, 1.807) is 0 Å². The Hall–Kier alpha value is -4.30. The molecule has 0 amide bonds. The Labute approximate surface area is 184 Å². The molecule has 32 heavy (non-hydrogen) atoms. The molecule has 0 aliphatic heterocycles. The number of H-pyrrole nitrogens is 1. The SMILES string of the molecule is c1ccc(-c2ccc3c(c2)[nH]c2cc(-c4cccc5c4oc4ccccc45)ccc23)cc1. The van der Waals surface area contributed by atoms with E-state index in [0.29, 0.717) is 0 Å². The maximum atomic E-state index is 6.26. The summed E-state index contributed by atoms with van der Waals surface area (Å²) in [4.78, 5) is 3.64. The maximum Gasteiger partial charge on any atom is 0.143 e. The van der Waals surface area contributed by atoms with Gasteiger partial charge in [0.05, 0.1) is 0 Å². The number of fused-ring (bicyclic) bond motifs is 6. The molecule has 7 aromatic rings. The molecule has 0 spiro atoms. The van der Waals surface area contributed by atoms with Crippen LogP contribution in [0.2, 0.25) is 0 Å². The number of aromatic nitrogens is 1. The van der Waals surface area contributed by atoms with Crippen molar-refractivity contribution in [2.24, 2.45) is 0 Å². The molecule has 0 aliphatic carbocycles. The van der Waals surface area contributed by atoms with E-state index in [-0.39, 0.29) is 0 Å². The molecule has 0 saturated carbocycles. The molecule has 0 fully saturated rings. The standard InChI is InChI=1S/C30H19NO/c1-2-7-19(8-3-1)20-13-15-23-24-16-14-21(18-28(24)31-27(23)17-20)22-10-6-11-26-25-9-4-5-12-29(25)32-30(22)26/h1-18,31H. The summed E-state index contributed by atoms with van der Waals surface area (Å²) in [6, 6.07) is 38.4. The first-order chi connectivity index (χ1) is 15.8. The van der Waals surface area contributed by atoms with E-state index in [1.807, 2.05) is 12.1 Å². The van der Waals surface area contributed by atoms with Crippen molar-refractivity contribution >= 4 is 43.7 Å². The van der Waals surface area contributed by atoms with Gasteiger partial charge in [0.1, 0.15) is 11.2 Å². The van der Waals surface area contributed by atoms with Gasteiger partial charge in [-0.2, -0.15) is 0 Å². The van der Waals surface area contributed by atoms with Crippen LogP contribution in [0.25, 0.3) is 66.0 Å². The summed E-state index contributed by atoms with van der Waals surface area (Å²) in [5.74, 6) is 0. The van der Waals surface area contributed by atoms with Crippen molar-refractivity contribution in [3.05, 3.63) is 109 Å². The molecule has 150 valence electrons. The van der Waals surface area contributed by atoms with Crippen LogP contribution >= 0.6 is 0 Å². The van der Waals surface area contributed by atoms with Gasteiger partial charge >= 0.3 is 0 Å². The molecule has 0 aliphatic rings. The first kappa shape index (κ1) is 17.4. The van der Waals surface area contributed by atoms with Gasteiger partial charge in [0.2, 0.25) is 0 Å². The number of hydrogen-bond acceptors (Lipinski definition) is 1. The Bertz CT molecular complexity index is 1770. The second-order valence-electron chi connectivity index (χ2n) is 8.29. The Morgan fingerprint density at radius 2 is 1.16 bits per heavy atom. The molecule has 0 bridgehead atoms. The molecule has 0 radical (unpaired) electrons. The van der Waals surface area contributed by atoms with E-state index in [2.05, 4.69) is 102 Å². The van der Waals surface area contributed by atoms with Crippen molar-refractivity contribution < 1.29 is 4.42 Å². The first-order valence-corrected chi connectivity index (χ1v) is 10.9. The maximum absolute atomic E-state index is 6.26. The lowest BCUT2D eigenvalue weighted by molar-refractivity contribution is 0.670. The second kappa shape index (κ2) is 6.60. The van der Waals surface area contributed by atoms with Crippen molar-refractivity contribution in [3.8, 4) is 22.3 Å². The van der Waals surface area contributed by atoms with Crippen LogP contribution < -0.4 is 0 Å². The molecular formula is C30H19NO. The number of furan rings is 1. The third-order valence-electron chi connectivity index (χ3n) is 6.42. The Balaban J connectivity index is 1.42. The number of nitrogens with one attached hydrogen (secondary N) is 1. The minimum atomic E-state index is 0.926. The third kappa shape index (κ3) is 2.53. The Morgan fingerprint density at radius 3 is 2.00 bits per heavy atom. The zero-order valence-corrected chi connectivity index (χ0v) is 17.3. The van der Waals surface area contributed by atoms with Crippen LogP contribution in [0.3, 0.4) is 0 Å². The fourth-order valence-corrected chi connectivity index (χ4v) is 4.86. The molecule has 0 saturated heterocycles. The quantitative estimate of drug-likeness (QED) is 0.304. The molecule has 1 N–H and O–H groups in total. The highest BCUT2D eigenvalue weighted by Gasteiger charge is 2.13. The number of para-hydroxylation sites is 2. The molecule has 2 aromatic heterocycles. The van der Waals surface area contributed by atoms with E-state index in [9.17, 15) is 0 Å². The van der Waals surface area contributed by atoms with Crippen molar-refractivity contribution in [2.45, 2.75) is 0 Å². The number of hydrogen-bond donors (Lipinski definition) is 1. The van der Waals surface area contributed by atoms with E-state index in [0.717, 1.165) is 44.1 Å². The zero-order valence-electron chi connectivity index (χ0n) is 17.3. The van der Waals surface area contributed by atoms with Crippen LogP contribution in [0.15, 0.2) is 114 Å². The van der Waals surface area contributed by atoms with Gasteiger partial charge in [0, 0.05) is 38.1 Å². The Kier molecular flexibility index (Phi) is 3.58. The van der Waals surface area contributed by atoms with Gasteiger partial charge in [-0.05, 0) is 34.9 Å². The molecule has 0 atom stereocenters. The lowest BCUT2D eigenvalue weighted by Gasteiger charge is -2.03. The predicted molar refractivity (Wildman–Crippen MR) is 134 cm³/mol. The van der Waals surface area contributed by atoms with Gasteiger partial charge in [-0.1, -0.05) is 91.0 Å². The normalized spacial score (nSPS) is 11.8. The van der Waals surface area contributed by atoms with Crippen LogP contribution in [-0.4, -0.2) is 4.98 Å². The first-order valence-electron chi connectivity index (χ1n) is 10.9. The summed E-state index contributed by atoms with van der Waals surface area (Å²) in [6.07, 6.45) is 0. The van der Waals surface area contributed by atoms with Crippen molar-refractivity contribution in [1.82, 2.24) is 4.98 Å². The highest BCUT2D eigenvalue weighted by atomic mass is 16.3. The van der Waals surface area contributed by atoms with Crippen LogP contribution in [0.5, 0.6) is 0 Å². The predicted octanol–water partition coefficient (Wildman–Crippen LogP) is 8.55. The summed E-state index contributed by atoms with van der Waals surface area (Å²) < 4.78 is 6.26. The van der Waals surface area contributed by atoms with Crippen molar-refractivity contribution in [1.29, 1.82) is 0 Å². The number of aromatic amines is 1. The van der Waals surface area contributed by atoms with Crippen LogP contribution in [0.1, 0.15) is 0 Å². The van der Waals surface area contributed by atoms with Crippen LogP contribution in [0, 0.1) is 0 Å². The lowest BCUT2D eigenvalue weighted by atomic mass is 10.00. The van der Waals surface area contributed by atoms with Crippen LogP contribution in [-0.2, 0) is 0 Å². The molecule has 7 rings (SSSR count). The summed E-state index contributed by atoms with van der Waals surface area (Å²) in [6.45, 7) is 0. The Morgan fingerprint density at radius 1 is 0.469 bits per heavy atom. The zero-order chi connectivity index (χ0) is 21.1. The van der Waals surface area contributed by atoms with E-state index < -0.39 is 0 Å². The summed E-state index contributed by atoms with van der Waals surface area (Å²) in [7, 11) is 0. The highest BCUT2D eigenvalue weighted by molar-refractivity contribution is 6.12. The largest absolute Gasteiger partial charge is 0.455 e. The molecule has 2 nitrogen and oxygen atoms in total. The smallest absolute Gasteiger partial charge is 0.143 e. The van der Waals surface area contributed by atoms with Crippen molar-refractivity contribution in [2.75, 3.05) is 0 Å². The molecule has 2 heterocycles. The average molecular weight is 409 g/mol. The average Bonchev–Trinajstić information content (AvgIpc) is 3.41. The minimum absolute atomic E-state index is 0.926. The summed E-state index contributed by atoms with van der Waals surface area (Å²) in [5, 5.41) is 4.79. The van der Waals surface area contributed by atoms with Gasteiger partial charge in [0.25, 0.3) is 0 Å². The van der Waals surface area contributed by atoms with Gasteiger partial charge in [-0.25, -0.2) is 0 Å². The van der Waals surface area contributed by atoms with Gasteiger partial charge in [-0.15, -0.1) is 0 Å². The minimum Gasteiger partial charge on any atom is -0.455 e. The summed E-state index contributed by atoms with van der Waals surface area (Å²) in [5.41, 5.74) is 8.87. The monoisotopic (exact) mass is 409 g/mol. The molecular weight excluding hydrogens is 390 g/mol. The van der Waals surface area contributed by atoms with E-state index in [1.165, 1.54) is 21.9 Å². The fraction of sp³-hybridized carbons (Fsp3) is 0. The third-order valence-corrected chi connectivity index (χ3v) is 6.42. The lowest BCUT2D eigenvalue weighted by Crippen LogP contribution is -1.79. The summed E-state index contributed by atoms with van der Waals surface area (Å²) >= 11 is 0. The fourth-order valence-electron chi connectivity index (χ4n) is 4.86. The van der Waals surface area contributed by atoms with Crippen LogP contribution in [0.4, 0.5) is 0 Å².